The highest BCUT2D eigenvalue weighted by molar-refractivity contribution is 5.65. The summed E-state index contributed by atoms with van der Waals surface area (Å²) in [5.74, 6) is -2.41. The molecule has 0 aromatic heterocycles. The van der Waals surface area contributed by atoms with Crippen molar-refractivity contribution in [2.45, 2.75) is 25.0 Å². The first-order valence-electron chi connectivity index (χ1n) is 6.94. The number of carbonyl (C=O) groups is 2. The summed E-state index contributed by atoms with van der Waals surface area (Å²) in [6.07, 6.45) is -1.69. The second-order valence-electron chi connectivity index (χ2n) is 7.48. The van der Waals surface area contributed by atoms with Gasteiger partial charge in [-0.25, -0.2) is 0 Å². The van der Waals surface area contributed by atoms with Crippen LogP contribution in [0.4, 0.5) is 0 Å². The lowest BCUT2D eigenvalue weighted by Gasteiger charge is -2.34. The summed E-state index contributed by atoms with van der Waals surface area (Å²) >= 11 is 0. The van der Waals surface area contributed by atoms with Crippen LogP contribution in [0, 0.1) is 0 Å². The van der Waals surface area contributed by atoms with Gasteiger partial charge in [0.2, 0.25) is 0 Å². The van der Waals surface area contributed by atoms with Crippen LogP contribution in [0.25, 0.3) is 0 Å². The third-order valence-corrected chi connectivity index (χ3v) is 2.68. The number of carbonyl (C=O) groups excluding carboxylic acids is 2. The van der Waals surface area contributed by atoms with Crippen LogP contribution in [0.2, 0.25) is 0 Å². The molecule has 124 valence electrons. The van der Waals surface area contributed by atoms with E-state index in [0.717, 1.165) is 0 Å². The molecule has 0 aromatic rings. The van der Waals surface area contributed by atoms with Crippen LogP contribution in [0.3, 0.4) is 0 Å². The standard InChI is InChI=1S/C14H28N2O5/c1-15(2,3)9-11(7-13(17)18)21-12(8-14(19)20)10-16(4,5)6/h11-12H,7-10H2,1-6H3/t11-,12?/m1/s1. The number of aliphatic carboxylic acids is 2. The molecule has 0 radical (unpaired) electrons. The zero-order valence-corrected chi connectivity index (χ0v) is 13.9. The fraction of sp³-hybridized carbons (Fsp3) is 0.857. The first-order valence-corrected chi connectivity index (χ1v) is 6.94. The molecule has 0 heterocycles. The summed E-state index contributed by atoms with van der Waals surface area (Å²) in [5.41, 5.74) is 0. The van der Waals surface area contributed by atoms with Gasteiger partial charge in [0.1, 0.15) is 25.3 Å². The SMILES string of the molecule is C[N+](C)(C)CC(CC(=O)[O-])O[C@H](CC(=O)[O-])C[N+](C)(C)C. The van der Waals surface area contributed by atoms with Crippen molar-refractivity contribution >= 4 is 11.9 Å². The van der Waals surface area contributed by atoms with Gasteiger partial charge >= 0.3 is 0 Å². The minimum atomic E-state index is -1.20. The highest BCUT2D eigenvalue weighted by Gasteiger charge is 2.26. The maximum atomic E-state index is 10.9. The van der Waals surface area contributed by atoms with Crippen molar-refractivity contribution in [1.82, 2.24) is 0 Å². The van der Waals surface area contributed by atoms with Crippen LogP contribution in [-0.4, -0.2) is 88.5 Å². The summed E-state index contributed by atoms with van der Waals surface area (Å²) < 4.78 is 6.78. The lowest BCUT2D eigenvalue weighted by Crippen LogP contribution is -2.49. The van der Waals surface area contributed by atoms with E-state index in [1.807, 2.05) is 42.3 Å². The van der Waals surface area contributed by atoms with Gasteiger partial charge in [0.05, 0.1) is 42.3 Å². The van der Waals surface area contributed by atoms with E-state index in [1.165, 1.54) is 0 Å². The highest BCUT2D eigenvalue weighted by Crippen LogP contribution is 2.12. The number of ether oxygens (including phenoxy) is 1. The molecule has 0 N–H and O–H groups in total. The molecule has 0 aliphatic carbocycles. The van der Waals surface area contributed by atoms with Gasteiger partial charge in [0.25, 0.3) is 0 Å². The Bertz CT molecular complexity index is 323. The molecule has 21 heavy (non-hydrogen) atoms. The molecule has 0 saturated heterocycles. The predicted molar refractivity (Wildman–Crippen MR) is 73.7 cm³/mol. The lowest BCUT2D eigenvalue weighted by atomic mass is 10.2. The summed E-state index contributed by atoms with van der Waals surface area (Å²) in [5, 5.41) is 21.7. The molecule has 0 rings (SSSR count). The molecule has 0 aromatic carbocycles. The molecule has 0 aliphatic heterocycles. The first kappa shape index (κ1) is 19.8. The average molecular weight is 304 g/mol. The highest BCUT2D eigenvalue weighted by atomic mass is 16.5. The van der Waals surface area contributed by atoms with Gasteiger partial charge < -0.3 is 33.5 Å². The van der Waals surface area contributed by atoms with Crippen LogP contribution in [0.1, 0.15) is 12.8 Å². The van der Waals surface area contributed by atoms with E-state index in [-0.39, 0.29) is 12.8 Å². The third kappa shape index (κ3) is 12.3. The molecule has 0 spiro atoms. The van der Waals surface area contributed by atoms with E-state index < -0.39 is 24.1 Å². The van der Waals surface area contributed by atoms with E-state index in [1.54, 1.807) is 0 Å². The van der Waals surface area contributed by atoms with Crippen molar-refractivity contribution in [3.05, 3.63) is 0 Å². The van der Waals surface area contributed by atoms with Gasteiger partial charge in [-0.05, 0) is 0 Å². The molecule has 0 bridgehead atoms. The molecular weight excluding hydrogens is 276 g/mol. The number of quaternary nitrogens is 2. The number of hydrogen-bond acceptors (Lipinski definition) is 5. The Labute approximate surface area is 126 Å². The average Bonchev–Trinajstić information content (AvgIpc) is 2.07. The molecule has 2 atom stereocenters. The Morgan fingerprint density at radius 1 is 0.810 bits per heavy atom. The molecule has 0 amide bonds. The normalized spacial score (nSPS) is 15.5. The smallest absolute Gasteiger partial charge is 0.112 e. The van der Waals surface area contributed by atoms with E-state index in [2.05, 4.69) is 0 Å². The quantitative estimate of drug-likeness (QED) is 0.414. The number of carboxylic acid groups (broad SMARTS) is 2. The fourth-order valence-electron chi connectivity index (χ4n) is 2.18. The third-order valence-electron chi connectivity index (χ3n) is 2.68. The zero-order valence-electron chi connectivity index (χ0n) is 13.9. The molecule has 1 unspecified atom stereocenters. The molecular formula is C14H28N2O5. The predicted octanol–water partition coefficient (Wildman–Crippen LogP) is -2.57. The van der Waals surface area contributed by atoms with Crippen molar-refractivity contribution in [3.8, 4) is 0 Å². The largest absolute Gasteiger partial charge is 0.550 e. The Morgan fingerprint density at radius 2 is 1.10 bits per heavy atom. The summed E-state index contributed by atoms with van der Waals surface area (Å²) in [6.45, 7) is 0.906. The monoisotopic (exact) mass is 304 g/mol. The van der Waals surface area contributed by atoms with Gasteiger partial charge in [-0.1, -0.05) is 0 Å². The van der Waals surface area contributed by atoms with Crippen molar-refractivity contribution in [2.24, 2.45) is 0 Å². The molecule has 7 heteroatoms. The van der Waals surface area contributed by atoms with Gasteiger partial charge in [0.15, 0.2) is 0 Å². The summed E-state index contributed by atoms with van der Waals surface area (Å²) in [4.78, 5) is 21.7. The molecule has 0 fully saturated rings. The summed E-state index contributed by atoms with van der Waals surface area (Å²) in [7, 11) is 11.5. The van der Waals surface area contributed by atoms with E-state index in [0.29, 0.717) is 22.1 Å². The minimum absolute atomic E-state index is 0.254. The van der Waals surface area contributed by atoms with E-state index >= 15 is 0 Å². The van der Waals surface area contributed by atoms with Gasteiger partial charge in [-0.15, -0.1) is 0 Å². The molecule has 7 nitrogen and oxygen atoms in total. The van der Waals surface area contributed by atoms with Crippen LogP contribution in [-0.2, 0) is 14.3 Å². The van der Waals surface area contributed by atoms with Crippen LogP contribution in [0.5, 0.6) is 0 Å². The van der Waals surface area contributed by atoms with Crippen LogP contribution >= 0.6 is 0 Å². The molecule has 0 saturated carbocycles. The Hall–Kier alpha value is -1.18. The second kappa shape index (κ2) is 7.72. The number of carboxylic acids is 2. The number of likely N-dealkylation sites (N-methyl/N-ethyl adjacent to an activating group) is 2. The van der Waals surface area contributed by atoms with E-state index in [9.17, 15) is 19.8 Å². The fourth-order valence-corrected chi connectivity index (χ4v) is 2.18. The van der Waals surface area contributed by atoms with Crippen molar-refractivity contribution in [1.29, 1.82) is 0 Å². The lowest BCUT2D eigenvalue weighted by molar-refractivity contribution is -0.878. The number of hydrogen-bond donors (Lipinski definition) is 0. The number of nitrogens with zero attached hydrogens (tertiary/aromatic N) is 2. The van der Waals surface area contributed by atoms with Gasteiger partial charge in [-0.3, -0.25) is 0 Å². The zero-order chi connectivity index (χ0) is 16.8. The maximum Gasteiger partial charge on any atom is 0.112 e. The van der Waals surface area contributed by atoms with E-state index in [4.69, 9.17) is 4.74 Å². The Kier molecular flexibility index (Phi) is 7.29. The Morgan fingerprint density at radius 3 is 1.29 bits per heavy atom. The van der Waals surface area contributed by atoms with Crippen LogP contribution in [0.15, 0.2) is 0 Å². The van der Waals surface area contributed by atoms with Crippen molar-refractivity contribution < 1.29 is 33.5 Å². The van der Waals surface area contributed by atoms with Crippen molar-refractivity contribution in [2.75, 3.05) is 55.4 Å². The molecule has 0 aliphatic rings. The van der Waals surface area contributed by atoms with Crippen LogP contribution < -0.4 is 10.2 Å². The van der Waals surface area contributed by atoms with Crippen molar-refractivity contribution in [3.63, 3.8) is 0 Å². The summed E-state index contributed by atoms with van der Waals surface area (Å²) in [6, 6.07) is 0. The first-order chi connectivity index (χ1) is 9.28. The minimum Gasteiger partial charge on any atom is -0.550 e. The second-order valence-corrected chi connectivity index (χ2v) is 7.48. The topological polar surface area (TPSA) is 89.5 Å². The van der Waals surface area contributed by atoms with Gasteiger partial charge in [-0.2, -0.15) is 0 Å². The maximum absolute atomic E-state index is 10.9. The van der Waals surface area contributed by atoms with Gasteiger partial charge in [0, 0.05) is 24.8 Å². The number of rotatable bonds is 10. The Balaban J connectivity index is 4.91.